The van der Waals surface area contributed by atoms with Gasteiger partial charge in [-0.15, -0.1) is 22.7 Å². The molecule has 4 heterocycles. The Morgan fingerprint density at radius 2 is 1.97 bits per heavy atom. The van der Waals surface area contributed by atoms with Crippen LogP contribution in [0.15, 0.2) is 64.4 Å². The number of nitrogens with zero attached hydrogens (tertiary/aromatic N) is 3. The second kappa shape index (κ2) is 8.40. The smallest absolute Gasteiger partial charge is 0.319 e. The SMILES string of the molecule is CC1(c2cccc(Cl)c2)NC(=O)N(CC(=O)N2N=C(c3cccs3)CC2c2cccs2)C1=O. The van der Waals surface area contributed by atoms with Gasteiger partial charge in [-0.1, -0.05) is 35.9 Å². The Bertz CT molecular complexity index is 1260. The Labute approximate surface area is 203 Å². The van der Waals surface area contributed by atoms with E-state index in [4.69, 9.17) is 11.6 Å². The molecule has 2 aliphatic heterocycles. The first-order valence-corrected chi connectivity index (χ1v) is 12.4. The first kappa shape index (κ1) is 21.8. The van der Waals surface area contributed by atoms with Crippen LogP contribution >= 0.6 is 34.3 Å². The molecular formula is C23H19ClN4O3S2. The van der Waals surface area contributed by atoms with Gasteiger partial charge in [-0.05, 0) is 47.5 Å². The van der Waals surface area contributed by atoms with Gasteiger partial charge in [-0.2, -0.15) is 5.10 Å². The van der Waals surface area contributed by atoms with E-state index in [9.17, 15) is 14.4 Å². The predicted octanol–water partition coefficient (Wildman–Crippen LogP) is 4.61. The van der Waals surface area contributed by atoms with Crippen LogP contribution < -0.4 is 5.32 Å². The van der Waals surface area contributed by atoms with E-state index in [1.165, 1.54) is 5.01 Å². The minimum atomic E-state index is -1.30. The van der Waals surface area contributed by atoms with Crippen LogP contribution in [-0.2, 0) is 15.1 Å². The number of carbonyl (C=O) groups excluding carboxylic acids is 3. The molecule has 1 N–H and O–H groups in total. The molecule has 168 valence electrons. The third kappa shape index (κ3) is 3.86. The highest BCUT2D eigenvalue weighted by molar-refractivity contribution is 7.12. The number of halogens is 1. The molecule has 33 heavy (non-hydrogen) atoms. The Kier molecular flexibility index (Phi) is 5.55. The lowest BCUT2D eigenvalue weighted by Crippen LogP contribution is -2.43. The highest BCUT2D eigenvalue weighted by Crippen LogP contribution is 2.36. The van der Waals surface area contributed by atoms with Crippen molar-refractivity contribution in [2.45, 2.75) is 24.9 Å². The van der Waals surface area contributed by atoms with Gasteiger partial charge in [0.1, 0.15) is 12.1 Å². The minimum absolute atomic E-state index is 0.269. The van der Waals surface area contributed by atoms with Gasteiger partial charge in [0, 0.05) is 16.3 Å². The van der Waals surface area contributed by atoms with E-state index >= 15 is 0 Å². The first-order chi connectivity index (χ1) is 15.9. The number of nitrogens with one attached hydrogen (secondary N) is 1. The maximum absolute atomic E-state index is 13.3. The summed E-state index contributed by atoms with van der Waals surface area (Å²) in [5.74, 6) is -0.920. The summed E-state index contributed by atoms with van der Waals surface area (Å²) < 4.78 is 0. The molecule has 2 aliphatic rings. The lowest BCUT2D eigenvalue weighted by molar-refractivity contribution is -0.139. The van der Waals surface area contributed by atoms with Crippen molar-refractivity contribution in [1.82, 2.24) is 15.2 Å². The molecule has 2 aromatic heterocycles. The summed E-state index contributed by atoms with van der Waals surface area (Å²) in [5, 5.41) is 13.1. The fraction of sp³-hybridized carbons (Fsp3) is 0.217. The summed E-state index contributed by atoms with van der Waals surface area (Å²) in [5.41, 5.74) is 0.0721. The van der Waals surface area contributed by atoms with Gasteiger partial charge < -0.3 is 5.32 Å². The highest BCUT2D eigenvalue weighted by atomic mass is 35.5. The maximum atomic E-state index is 13.3. The average Bonchev–Trinajstić information content (AvgIpc) is 3.58. The van der Waals surface area contributed by atoms with Gasteiger partial charge in [0.15, 0.2) is 0 Å². The number of hydrazone groups is 1. The zero-order valence-corrected chi connectivity index (χ0v) is 19.9. The van der Waals surface area contributed by atoms with Gasteiger partial charge >= 0.3 is 6.03 Å². The standard InChI is InChI=1S/C23H19ClN4O3S2/c1-23(14-5-2-6-15(24)11-14)21(30)27(22(31)25-23)13-20(29)28-17(19-8-4-10-33-19)12-16(26-28)18-7-3-9-32-18/h2-11,17H,12-13H2,1H3,(H,25,31). The second-order valence-electron chi connectivity index (χ2n) is 7.95. The molecule has 1 saturated heterocycles. The van der Waals surface area contributed by atoms with E-state index in [0.29, 0.717) is 17.0 Å². The molecule has 0 saturated carbocycles. The number of imide groups is 1. The van der Waals surface area contributed by atoms with Crippen molar-refractivity contribution in [3.8, 4) is 0 Å². The third-order valence-electron chi connectivity index (χ3n) is 5.81. The molecule has 0 bridgehead atoms. The number of benzene rings is 1. The fourth-order valence-electron chi connectivity index (χ4n) is 4.08. The Morgan fingerprint density at radius 3 is 2.67 bits per heavy atom. The number of carbonyl (C=O) groups is 3. The van der Waals surface area contributed by atoms with E-state index in [1.807, 2.05) is 35.0 Å². The number of thiophene rings is 2. The number of hydrogen-bond acceptors (Lipinski definition) is 6. The first-order valence-electron chi connectivity index (χ1n) is 10.2. The van der Waals surface area contributed by atoms with Crippen molar-refractivity contribution in [2.24, 2.45) is 5.10 Å². The molecule has 0 aliphatic carbocycles. The largest absolute Gasteiger partial charge is 0.325 e. The van der Waals surface area contributed by atoms with Crippen molar-refractivity contribution >= 4 is 57.8 Å². The lowest BCUT2D eigenvalue weighted by atomic mass is 9.92. The molecule has 10 heteroatoms. The maximum Gasteiger partial charge on any atom is 0.325 e. The second-order valence-corrected chi connectivity index (χ2v) is 10.3. The molecule has 5 rings (SSSR count). The van der Waals surface area contributed by atoms with Crippen LogP contribution in [0.25, 0.3) is 0 Å². The van der Waals surface area contributed by atoms with Crippen molar-refractivity contribution in [3.05, 3.63) is 79.6 Å². The van der Waals surface area contributed by atoms with Gasteiger partial charge in [0.2, 0.25) is 0 Å². The van der Waals surface area contributed by atoms with Crippen LogP contribution in [0.3, 0.4) is 0 Å². The van der Waals surface area contributed by atoms with E-state index in [0.717, 1.165) is 20.4 Å². The van der Waals surface area contributed by atoms with Crippen LogP contribution in [0, 0.1) is 0 Å². The molecule has 2 unspecified atom stereocenters. The molecule has 7 nitrogen and oxygen atoms in total. The summed E-state index contributed by atoms with van der Waals surface area (Å²) in [6, 6.07) is 13.7. The zero-order chi connectivity index (χ0) is 23.2. The molecule has 0 radical (unpaired) electrons. The zero-order valence-electron chi connectivity index (χ0n) is 17.5. The fourth-order valence-corrected chi connectivity index (χ4v) is 5.80. The third-order valence-corrected chi connectivity index (χ3v) is 7.94. The predicted molar refractivity (Wildman–Crippen MR) is 128 cm³/mol. The van der Waals surface area contributed by atoms with Gasteiger partial charge in [0.25, 0.3) is 11.8 Å². The Balaban J connectivity index is 1.40. The summed E-state index contributed by atoms with van der Waals surface area (Å²) in [6.45, 7) is 1.21. The summed E-state index contributed by atoms with van der Waals surface area (Å²) in [6.07, 6.45) is 0.577. The van der Waals surface area contributed by atoms with Crippen LogP contribution in [-0.4, -0.2) is 40.0 Å². The molecule has 3 aromatic rings. The van der Waals surface area contributed by atoms with E-state index in [1.54, 1.807) is 53.9 Å². The van der Waals surface area contributed by atoms with Crippen molar-refractivity contribution in [1.29, 1.82) is 0 Å². The minimum Gasteiger partial charge on any atom is -0.319 e. The topological polar surface area (TPSA) is 82.1 Å². The monoisotopic (exact) mass is 498 g/mol. The Morgan fingerprint density at radius 1 is 1.18 bits per heavy atom. The highest BCUT2D eigenvalue weighted by Gasteiger charge is 2.50. The van der Waals surface area contributed by atoms with Crippen molar-refractivity contribution in [3.63, 3.8) is 0 Å². The molecule has 2 atom stereocenters. The number of amides is 4. The normalized spacial score (nSPS) is 22.6. The van der Waals surface area contributed by atoms with Crippen LogP contribution in [0.4, 0.5) is 4.79 Å². The molecule has 0 spiro atoms. The molecule has 1 fully saturated rings. The van der Waals surface area contributed by atoms with Gasteiger partial charge in [-0.3, -0.25) is 14.5 Å². The van der Waals surface area contributed by atoms with Gasteiger partial charge in [0.05, 0.1) is 16.6 Å². The van der Waals surface area contributed by atoms with Crippen LogP contribution in [0.2, 0.25) is 5.02 Å². The average molecular weight is 499 g/mol. The van der Waals surface area contributed by atoms with E-state index in [-0.39, 0.29) is 6.04 Å². The van der Waals surface area contributed by atoms with E-state index < -0.39 is 29.9 Å². The molecule has 4 amide bonds. The number of hydrogen-bond donors (Lipinski definition) is 1. The lowest BCUT2D eigenvalue weighted by Gasteiger charge is -2.24. The summed E-state index contributed by atoms with van der Waals surface area (Å²) in [7, 11) is 0. The Hall–Kier alpha value is -3.01. The van der Waals surface area contributed by atoms with Crippen molar-refractivity contribution < 1.29 is 14.4 Å². The van der Waals surface area contributed by atoms with E-state index in [2.05, 4.69) is 10.4 Å². The van der Waals surface area contributed by atoms with Gasteiger partial charge in [-0.25, -0.2) is 9.80 Å². The molecule has 1 aromatic carbocycles. The number of rotatable bonds is 5. The van der Waals surface area contributed by atoms with Crippen molar-refractivity contribution in [2.75, 3.05) is 6.54 Å². The van der Waals surface area contributed by atoms with Crippen LogP contribution in [0.5, 0.6) is 0 Å². The summed E-state index contributed by atoms with van der Waals surface area (Å²) >= 11 is 9.19. The summed E-state index contributed by atoms with van der Waals surface area (Å²) in [4.78, 5) is 42.3. The van der Waals surface area contributed by atoms with Crippen LogP contribution in [0.1, 0.15) is 34.7 Å². The number of urea groups is 1. The quantitative estimate of drug-likeness (QED) is 0.521. The molecular weight excluding hydrogens is 480 g/mol.